The van der Waals surface area contributed by atoms with Gasteiger partial charge in [-0.3, -0.25) is 4.79 Å². The standard InChI is InChI=1S/C4H7BOS/c1-4(6)7-3-2-5/h2-3H2,1H3. The highest BCUT2D eigenvalue weighted by Gasteiger charge is 1.87. The summed E-state index contributed by atoms with van der Waals surface area (Å²) in [4.78, 5) is 10.1. The predicted molar refractivity (Wildman–Crippen MR) is 33.7 cm³/mol. The molecular weight excluding hydrogens is 107 g/mol. The van der Waals surface area contributed by atoms with Gasteiger partial charge in [-0.05, 0) is 5.75 Å². The zero-order chi connectivity index (χ0) is 5.70. The van der Waals surface area contributed by atoms with Crippen LogP contribution in [-0.2, 0) is 4.79 Å². The highest BCUT2D eigenvalue weighted by molar-refractivity contribution is 8.13. The van der Waals surface area contributed by atoms with E-state index in [0.717, 1.165) is 5.75 Å². The van der Waals surface area contributed by atoms with Gasteiger partial charge in [-0.25, -0.2) is 0 Å². The molecule has 38 valence electrons. The van der Waals surface area contributed by atoms with E-state index in [2.05, 4.69) is 0 Å². The Morgan fingerprint density at radius 2 is 2.43 bits per heavy atom. The summed E-state index contributed by atoms with van der Waals surface area (Å²) in [5, 5.41) is 0.144. The molecule has 2 radical (unpaired) electrons. The second-order valence-electron chi connectivity index (χ2n) is 1.13. The summed E-state index contributed by atoms with van der Waals surface area (Å²) in [6.45, 7) is 1.54. The third kappa shape index (κ3) is 6.08. The van der Waals surface area contributed by atoms with Crippen LogP contribution in [0.5, 0.6) is 0 Å². The first-order chi connectivity index (χ1) is 3.27. The molecule has 0 unspecified atom stereocenters. The molecule has 0 aliphatic heterocycles. The average Bonchev–Trinajstić information content (AvgIpc) is 1.61. The van der Waals surface area contributed by atoms with Crippen molar-refractivity contribution >= 4 is 24.7 Å². The van der Waals surface area contributed by atoms with Crippen molar-refractivity contribution in [2.75, 3.05) is 5.75 Å². The Morgan fingerprint density at radius 3 is 2.57 bits per heavy atom. The molecule has 0 saturated heterocycles. The molecule has 0 aliphatic rings. The molecule has 0 bridgehead atoms. The fraction of sp³-hybridized carbons (Fsp3) is 0.750. The number of carbonyl (C=O) groups is 1. The maximum atomic E-state index is 10.1. The lowest BCUT2D eigenvalue weighted by Crippen LogP contribution is -1.83. The van der Waals surface area contributed by atoms with E-state index in [1.807, 2.05) is 0 Å². The largest absolute Gasteiger partial charge is 0.288 e. The van der Waals surface area contributed by atoms with Crippen LogP contribution < -0.4 is 0 Å². The fourth-order valence-corrected chi connectivity index (χ4v) is 0.608. The van der Waals surface area contributed by atoms with Crippen molar-refractivity contribution in [1.29, 1.82) is 0 Å². The van der Waals surface area contributed by atoms with Gasteiger partial charge in [0.25, 0.3) is 0 Å². The van der Waals surface area contributed by atoms with E-state index < -0.39 is 0 Å². The Bertz CT molecular complexity index is 64.7. The van der Waals surface area contributed by atoms with Crippen molar-refractivity contribution in [2.45, 2.75) is 13.2 Å². The number of hydrogen-bond acceptors (Lipinski definition) is 2. The summed E-state index contributed by atoms with van der Waals surface area (Å²) < 4.78 is 0. The Labute approximate surface area is 49.3 Å². The van der Waals surface area contributed by atoms with Gasteiger partial charge in [0.2, 0.25) is 0 Å². The van der Waals surface area contributed by atoms with E-state index in [9.17, 15) is 4.79 Å². The predicted octanol–water partition coefficient (Wildman–Crippen LogP) is 0.853. The smallest absolute Gasteiger partial charge is 0.185 e. The van der Waals surface area contributed by atoms with E-state index in [-0.39, 0.29) is 5.12 Å². The first-order valence-corrected chi connectivity index (χ1v) is 3.09. The minimum atomic E-state index is 0.144. The molecule has 0 rings (SSSR count). The molecule has 3 heteroatoms. The lowest BCUT2D eigenvalue weighted by molar-refractivity contribution is -0.109. The summed E-state index contributed by atoms with van der Waals surface area (Å²) in [6.07, 6.45) is 0.588. The van der Waals surface area contributed by atoms with Crippen LogP contribution in [0.4, 0.5) is 0 Å². The first-order valence-electron chi connectivity index (χ1n) is 2.11. The normalized spacial score (nSPS) is 8.71. The molecule has 0 N–H and O–H groups in total. The maximum absolute atomic E-state index is 10.1. The van der Waals surface area contributed by atoms with E-state index in [1.54, 1.807) is 6.92 Å². The first kappa shape index (κ1) is 7.08. The molecular formula is C4H7BOS. The monoisotopic (exact) mass is 114 g/mol. The Morgan fingerprint density at radius 1 is 1.86 bits per heavy atom. The van der Waals surface area contributed by atoms with Crippen LogP contribution >= 0.6 is 11.8 Å². The molecule has 0 aromatic heterocycles. The van der Waals surface area contributed by atoms with Crippen LogP contribution in [0.25, 0.3) is 0 Å². The molecule has 7 heavy (non-hydrogen) atoms. The Kier molecular flexibility index (Phi) is 4.30. The molecule has 1 nitrogen and oxygen atoms in total. The number of rotatable bonds is 2. The summed E-state index contributed by atoms with van der Waals surface area (Å²) in [7, 11) is 5.10. The second-order valence-corrected chi connectivity index (χ2v) is 2.40. The van der Waals surface area contributed by atoms with Gasteiger partial charge in [-0.2, -0.15) is 0 Å². The van der Waals surface area contributed by atoms with Crippen LogP contribution in [0.1, 0.15) is 6.92 Å². The average molecular weight is 114 g/mol. The van der Waals surface area contributed by atoms with Gasteiger partial charge in [-0.15, -0.1) is 0 Å². The van der Waals surface area contributed by atoms with E-state index in [4.69, 9.17) is 7.85 Å². The third-order valence-corrected chi connectivity index (χ3v) is 1.27. The van der Waals surface area contributed by atoms with Crippen molar-refractivity contribution in [3.63, 3.8) is 0 Å². The number of hydrogen-bond donors (Lipinski definition) is 0. The lowest BCUT2D eigenvalue weighted by Gasteiger charge is -1.86. The van der Waals surface area contributed by atoms with Crippen molar-refractivity contribution in [3.8, 4) is 0 Å². The molecule has 0 aliphatic carbocycles. The van der Waals surface area contributed by atoms with Gasteiger partial charge in [0.15, 0.2) is 5.12 Å². The zero-order valence-electron chi connectivity index (χ0n) is 4.31. The van der Waals surface area contributed by atoms with Gasteiger partial charge in [0, 0.05) is 6.92 Å². The van der Waals surface area contributed by atoms with E-state index in [1.165, 1.54) is 11.8 Å². The van der Waals surface area contributed by atoms with Gasteiger partial charge >= 0.3 is 0 Å². The summed E-state index contributed by atoms with van der Waals surface area (Å²) in [5.41, 5.74) is 0. The topological polar surface area (TPSA) is 17.1 Å². The Balaban J connectivity index is 2.82. The Hall–Kier alpha value is 0.0849. The van der Waals surface area contributed by atoms with Crippen molar-refractivity contribution in [3.05, 3.63) is 0 Å². The molecule has 0 aromatic rings. The lowest BCUT2D eigenvalue weighted by atomic mass is 10.1. The second kappa shape index (κ2) is 4.25. The summed E-state index contributed by atoms with van der Waals surface area (Å²) in [5.74, 6) is 0.745. The van der Waals surface area contributed by atoms with Crippen LogP contribution in [-0.4, -0.2) is 18.7 Å². The van der Waals surface area contributed by atoms with E-state index in [0.29, 0.717) is 6.32 Å². The quantitative estimate of drug-likeness (QED) is 0.495. The minimum Gasteiger partial charge on any atom is -0.288 e. The van der Waals surface area contributed by atoms with Crippen molar-refractivity contribution in [1.82, 2.24) is 0 Å². The fourth-order valence-electron chi connectivity index (χ4n) is 0.203. The summed E-state index contributed by atoms with van der Waals surface area (Å²) in [6, 6.07) is 0. The highest BCUT2D eigenvalue weighted by atomic mass is 32.2. The zero-order valence-corrected chi connectivity index (χ0v) is 5.12. The van der Waals surface area contributed by atoms with Gasteiger partial charge in [0.1, 0.15) is 0 Å². The molecule has 0 fully saturated rings. The molecule has 0 spiro atoms. The van der Waals surface area contributed by atoms with Crippen LogP contribution in [0.15, 0.2) is 0 Å². The van der Waals surface area contributed by atoms with Crippen LogP contribution in [0.2, 0.25) is 6.32 Å². The van der Waals surface area contributed by atoms with Crippen LogP contribution in [0, 0.1) is 0 Å². The number of carbonyl (C=O) groups excluding carboxylic acids is 1. The molecule has 0 saturated carbocycles. The highest BCUT2D eigenvalue weighted by Crippen LogP contribution is 2.00. The van der Waals surface area contributed by atoms with Crippen molar-refractivity contribution in [2.24, 2.45) is 0 Å². The number of thioether (sulfide) groups is 1. The molecule has 0 heterocycles. The molecule has 0 amide bonds. The van der Waals surface area contributed by atoms with Gasteiger partial charge in [-0.1, -0.05) is 18.1 Å². The molecule has 0 aromatic carbocycles. The van der Waals surface area contributed by atoms with Crippen molar-refractivity contribution < 1.29 is 4.79 Å². The SMILES string of the molecule is [B]CCSC(C)=O. The summed E-state index contributed by atoms with van der Waals surface area (Å²) >= 11 is 1.27. The van der Waals surface area contributed by atoms with E-state index >= 15 is 0 Å². The van der Waals surface area contributed by atoms with Gasteiger partial charge in [0.05, 0.1) is 7.85 Å². The van der Waals surface area contributed by atoms with Crippen LogP contribution in [0.3, 0.4) is 0 Å². The third-order valence-electron chi connectivity index (χ3n) is 0.423. The van der Waals surface area contributed by atoms with Gasteiger partial charge < -0.3 is 0 Å². The maximum Gasteiger partial charge on any atom is 0.185 e. The minimum absolute atomic E-state index is 0.144. The molecule has 0 atom stereocenters.